The van der Waals surface area contributed by atoms with Crippen LogP contribution in [-0.2, 0) is 11.2 Å². The molecule has 1 fully saturated rings. The van der Waals surface area contributed by atoms with Gasteiger partial charge in [0, 0.05) is 37.3 Å². The van der Waals surface area contributed by atoms with Crippen molar-refractivity contribution in [3.63, 3.8) is 0 Å². The first-order chi connectivity index (χ1) is 8.13. The monoisotopic (exact) mass is 237 g/mol. The zero-order chi connectivity index (χ0) is 12.4. The number of aliphatic hydroxyl groups is 1. The summed E-state index contributed by atoms with van der Waals surface area (Å²) in [6, 6.07) is 1.42. The first-order valence-corrected chi connectivity index (χ1v) is 5.65. The maximum atomic E-state index is 11.7. The number of hydrogen-bond donors (Lipinski definition) is 2. The topological polar surface area (TPSA) is 86.3 Å². The summed E-state index contributed by atoms with van der Waals surface area (Å²) < 4.78 is 0. The molecule has 6 nitrogen and oxygen atoms in total. The van der Waals surface area contributed by atoms with E-state index in [-0.39, 0.29) is 29.9 Å². The van der Waals surface area contributed by atoms with Crippen LogP contribution >= 0.6 is 0 Å². The molecule has 1 aliphatic rings. The average molecular weight is 237 g/mol. The first-order valence-electron chi connectivity index (χ1n) is 5.65. The molecule has 0 bridgehead atoms. The lowest BCUT2D eigenvalue weighted by molar-refractivity contribution is -0.117. The number of nitrogens with zero attached hydrogens (tertiary/aromatic N) is 2. The molecule has 0 aliphatic carbocycles. The molecule has 1 atom stereocenters. The summed E-state index contributed by atoms with van der Waals surface area (Å²) in [4.78, 5) is 31.3. The zero-order valence-corrected chi connectivity index (χ0v) is 9.64. The number of amides is 1. The Bertz CT molecular complexity index is 483. The Morgan fingerprint density at radius 1 is 1.59 bits per heavy atom. The van der Waals surface area contributed by atoms with E-state index in [0.717, 1.165) is 0 Å². The molecule has 0 aromatic carbocycles. The van der Waals surface area contributed by atoms with E-state index in [0.29, 0.717) is 25.1 Å². The molecule has 17 heavy (non-hydrogen) atoms. The number of aryl methyl sites for hydroxylation is 1. The maximum Gasteiger partial charge on any atom is 0.252 e. The van der Waals surface area contributed by atoms with Gasteiger partial charge in [0.25, 0.3) is 5.56 Å². The molecule has 1 amide bonds. The van der Waals surface area contributed by atoms with E-state index >= 15 is 0 Å². The normalized spacial score (nSPS) is 20.0. The smallest absolute Gasteiger partial charge is 0.252 e. The second kappa shape index (κ2) is 4.67. The summed E-state index contributed by atoms with van der Waals surface area (Å²) in [7, 11) is 0. The van der Waals surface area contributed by atoms with Crippen molar-refractivity contribution in [1.82, 2.24) is 9.97 Å². The van der Waals surface area contributed by atoms with Crippen molar-refractivity contribution >= 4 is 11.9 Å². The van der Waals surface area contributed by atoms with Crippen LogP contribution in [0, 0.1) is 5.92 Å². The third-order valence-corrected chi connectivity index (χ3v) is 2.86. The summed E-state index contributed by atoms with van der Waals surface area (Å²) in [5, 5.41) is 9.03. The molecule has 2 heterocycles. The van der Waals surface area contributed by atoms with Crippen molar-refractivity contribution in [2.45, 2.75) is 19.8 Å². The molecule has 1 aromatic rings. The van der Waals surface area contributed by atoms with Crippen LogP contribution in [-0.4, -0.2) is 34.1 Å². The van der Waals surface area contributed by atoms with E-state index in [1.54, 1.807) is 0 Å². The summed E-state index contributed by atoms with van der Waals surface area (Å²) in [6.45, 7) is 2.28. The lowest BCUT2D eigenvalue weighted by Crippen LogP contribution is -2.29. The minimum Gasteiger partial charge on any atom is -0.396 e. The molecule has 0 saturated carbocycles. The summed E-state index contributed by atoms with van der Waals surface area (Å²) in [5.41, 5.74) is 0.399. The molecule has 1 saturated heterocycles. The SMILES string of the molecule is CCc1cc(=O)[nH]c(N2CC(CO)CC2=O)n1. The fourth-order valence-electron chi connectivity index (χ4n) is 1.91. The molecule has 0 spiro atoms. The van der Waals surface area contributed by atoms with E-state index < -0.39 is 0 Å². The molecule has 1 aromatic heterocycles. The highest BCUT2D eigenvalue weighted by Crippen LogP contribution is 2.21. The third-order valence-electron chi connectivity index (χ3n) is 2.86. The Labute approximate surface area is 98.3 Å². The highest BCUT2D eigenvalue weighted by atomic mass is 16.3. The van der Waals surface area contributed by atoms with Gasteiger partial charge in [-0.05, 0) is 6.42 Å². The fraction of sp³-hybridized carbons (Fsp3) is 0.545. The van der Waals surface area contributed by atoms with Crippen LogP contribution in [0.3, 0.4) is 0 Å². The van der Waals surface area contributed by atoms with Crippen molar-refractivity contribution in [3.05, 3.63) is 22.1 Å². The van der Waals surface area contributed by atoms with Gasteiger partial charge in [-0.1, -0.05) is 6.92 Å². The number of H-pyrrole nitrogens is 1. The molecule has 2 N–H and O–H groups in total. The standard InChI is InChI=1S/C11H15N3O3/c1-2-8-4-9(16)13-11(12-8)14-5-7(6-15)3-10(14)17/h4,7,15H,2-3,5-6H2,1H3,(H,12,13,16). The fourth-order valence-corrected chi connectivity index (χ4v) is 1.91. The zero-order valence-electron chi connectivity index (χ0n) is 9.64. The minimum absolute atomic E-state index is 0.0278. The number of aromatic nitrogens is 2. The molecule has 2 rings (SSSR count). The number of hydrogen-bond acceptors (Lipinski definition) is 4. The Morgan fingerprint density at radius 3 is 2.94 bits per heavy atom. The Balaban J connectivity index is 2.31. The minimum atomic E-state index is -0.257. The van der Waals surface area contributed by atoms with E-state index in [9.17, 15) is 9.59 Å². The van der Waals surface area contributed by atoms with Crippen molar-refractivity contribution in [2.24, 2.45) is 5.92 Å². The Morgan fingerprint density at radius 2 is 2.35 bits per heavy atom. The number of aliphatic hydroxyl groups excluding tert-OH is 1. The van der Waals surface area contributed by atoms with Gasteiger partial charge in [-0.3, -0.25) is 19.5 Å². The van der Waals surface area contributed by atoms with Crippen LogP contribution < -0.4 is 10.5 Å². The van der Waals surface area contributed by atoms with Crippen molar-refractivity contribution in [2.75, 3.05) is 18.1 Å². The molecule has 1 aliphatic heterocycles. The highest BCUT2D eigenvalue weighted by molar-refractivity contribution is 5.94. The molecule has 6 heteroatoms. The molecule has 0 radical (unpaired) electrons. The van der Waals surface area contributed by atoms with Gasteiger partial charge in [-0.25, -0.2) is 4.98 Å². The van der Waals surface area contributed by atoms with Gasteiger partial charge in [0.15, 0.2) is 0 Å². The van der Waals surface area contributed by atoms with Crippen LogP contribution in [0.5, 0.6) is 0 Å². The molecule has 1 unspecified atom stereocenters. The van der Waals surface area contributed by atoms with Gasteiger partial charge in [0.05, 0.1) is 0 Å². The molecular formula is C11H15N3O3. The maximum absolute atomic E-state index is 11.7. The van der Waals surface area contributed by atoms with Crippen LogP contribution in [0.25, 0.3) is 0 Å². The van der Waals surface area contributed by atoms with Crippen molar-refractivity contribution in [1.29, 1.82) is 0 Å². The summed E-state index contributed by atoms with van der Waals surface area (Å²) in [6.07, 6.45) is 0.943. The van der Waals surface area contributed by atoms with Crippen molar-refractivity contribution in [3.8, 4) is 0 Å². The molecule has 92 valence electrons. The quantitative estimate of drug-likeness (QED) is 0.754. The Kier molecular flexibility index (Phi) is 3.23. The number of nitrogens with one attached hydrogen (secondary N) is 1. The van der Waals surface area contributed by atoms with Gasteiger partial charge in [-0.15, -0.1) is 0 Å². The third kappa shape index (κ3) is 2.36. The highest BCUT2D eigenvalue weighted by Gasteiger charge is 2.31. The van der Waals surface area contributed by atoms with Crippen LogP contribution in [0.4, 0.5) is 5.95 Å². The predicted molar refractivity (Wildman–Crippen MR) is 61.8 cm³/mol. The van der Waals surface area contributed by atoms with E-state index in [1.165, 1.54) is 11.0 Å². The van der Waals surface area contributed by atoms with Crippen LogP contribution in [0.15, 0.2) is 10.9 Å². The predicted octanol–water partition coefficient (Wildman–Crippen LogP) is -0.323. The van der Waals surface area contributed by atoms with Gasteiger partial charge in [0.2, 0.25) is 11.9 Å². The number of anilines is 1. The average Bonchev–Trinajstić information content (AvgIpc) is 2.69. The lowest BCUT2D eigenvalue weighted by atomic mass is 10.1. The van der Waals surface area contributed by atoms with E-state index in [4.69, 9.17) is 5.11 Å². The first kappa shape index (κ1) is 11.8. The van der Waals surface area contributed by atoms with Crippen LogP contribution in [0.1, 0.15) is 19.0 Å². The summed E-state index contributed by atoms with van der Waals surface area (Å²) >= 11 is 0. The second-order valence-electron chi connectivity index (χ2n) is 4.17. The van der Waals surface area contributed by atoms with Crippen LogP contribution in [0.2, 0.25) is 0 Å². The van der Waals surface area contributed by atoms with Gasteiger partial charge in [0.1, 0.15) is 0 Å². The number of aromatic amines is 1. The number of rotatable bonds is 3. The number of carbonyl (C=O) groups is 1. The van der Waals surface area contributed by atoms with Crippen molar-refractivity contribution < 1.29 is 9.90 Å². The van der Waals surface area contributed by atoms with Gasteiger partial charge >= 0.3 is 0 Å². The lowest BCUT2D eigenvalue weighted by Gasteiger charge is -2.15. The number of carbonyl (C=O) groups excluding carboxylic acids is 1. The molecular weight excluding hydrogens is 222 g/mol. The van der Waals surface area contributed by atoms with Gasteiger partial charge in [-0.2, -0.15) is 0 Å². The second-order valence-corrected chi connectivity index (χ2v) is 4.17. The Hall–Kier alpha value is -1.69. The largest absolute Gasteiger partial charge is 0.396 e. The van der Waals surface area contributed by atoms with E-state index in [1.807, 2.05) is 6.92 Å². The van der Waals surface area contributed by atoms with Gasteiger partial charge < -0.3 is 5.11 Å². The summed E-state index contributed by atoms with van der Waals surface area (Å²) in [5.74, 6) is 0.105. The van der Waals surface area contributed by atoms with E-state index in [2.05, 4.69) is 9.97 Å².